The molecule has 0 aliphatic carbocycles. The molecular formula is C20H25ClN2O3S. The number of halogens is 1. The Balaban J connectivity index is 2.33. The highest BCUT2D eigenvalue weighted by molar-refractivity contribution is 7.92. The van der Waals surface area contributed by atoms with E-state index in [1.807, 2.05) is 32.9 Å². The van der Waals surface area contributed by atoms with Crippen LogP contribution in [0.1, 0.15) is 46.4 Å². The van der Waals surface area contributed by atoms with Crippen molar-refractivity contribution in [1.82, 2.24) is 5.32 Å². The lowest BCUT2D eigenvalue weighted by molar-refractivity contribution is 0.0935. The van der Waals surface area contributed by atoms with Crippen LogP contribution in [-0.2, 0) is 10.0 Å². The summed E-state index contributed by atoms with van der Waals surface area (Å²) >= 11 is 6.21. The topological polar surface area (TPSA) is 66.5 Å². The van der Waals surface area contributed by atoms with Gasteiger partial charge in [-0.3, -0.25) is 9.10 Å². The fourth-order valence-electron chi connectivity index (χ4n) is 2.93. The normalized spacial score (nSPS) is 12.5. The van der Waals surface area contributed by atoms with Gasteiger partial charge in [0.15, 0.2) is 0 Å². The number of hydrogen-bond donors (Lipinski definition) is 1. The molecule has 0 unspecified atom stereocenters. The maximum atomic E-state index is 12.8. The minimum absolute atomic E-state index is 0.162. The smallest absolute Gasteiger partial charge is 0.253 e. The molecule has 2 aromatic carbocycles. The van der Waals surface area contributed by atoms with Crippen molar-refractivity contribution < 1.29 is 13.2 Å². The Bertz CT molecular complexity index is 958. The van der Waals surface area contributed by atoms with Crippen LogP contribution in [0.3, 0.4) is 0 Å². The lowest BCUT2D eigenvalue weighted by Crippen LogP contribution is -2.29. The Hall–Kier alpha value is -2.05. The number of hydrogen-bond acceptors (Lipinski definition) is 3. The van der Waals surface area contributed by atoms with Crippen molar-refractivity contribution in [1.29, 1.82) is 0 Å². The van der Waals surface area contributed by atoms with E-state index < -0.39 is 10.0 Å². The third-order valence-electron chi connectivity index (χ3n) is 4.57. The van der Waals surface area contributed by atoms with Gasteiger partial charge >= 0.3 is 0 Å². The second kappa shape index (κ2) is 8.31. The molecule has 0 saturated heterocycles. The van der Waals surface area contributed by atoms with E-state index in [2.05, 4.69) is 11.4 Å². The van der Waals surface area contributed by atoms with Crippen LogP contribution in [0.25, 0.3) is 0 Å². The quantitative estimate of drug-likeness (QED) is 0.777. The summed E-state index contributed by atoms with van der Waals surface area (Å²) in [6, 6.07) is 10.6. The minimum Gasteiger partial charge on any atom is -0.345 e. The third kappa shape index (κ3) is 5.02. The predicted molar refractivity (Wildman–Crippen MR) is 111 cm³/mol. The molecular weight excluding hydrogens is 384 g/mol. The van der Waals surface area contributed by atoms with E-state index in [9.17, 15) is 13.2 Å². The first kappa shape index (κ1) is 21.3. The Morgan fingerprint density at radius 2 is 1.85 bits per heavy atom. The van der Waals surface area contributed by atoms with Gasteiger partial charge in [0.2, 0.25) is 10.0 Å². The molecule has 2 rings (SSSR count). The van der Waals surface area contributed by atoms with Crippen LogP contribution in [0, 0.1) is 13.8 Å². The van der Waals surface area contributed by atoms with E-state index in [1.54, 1.807) is 6.07 Å². The van der Waals surface area contributed by atoms with E-state index in [1.165, 1.54) is 19.2 Å². The second-order valence-corrected chi connectivity index (χ2v) is 9.11. The molecule has 0 bridgehead atoms. The summed E-state index contributed by atoms with van der Waals surface area (Å²) in [5, 5.41) is 3.29. The van der Waals surface area contributed by atoms with Gasteiger partial charge in [-0.15, -0.1) is 0 Å². The maximum Gasteiger partial charge on any atom is 0.253 e. The molecule has 0 aliphatic heterocycles. The van der Waals surface area contributed by atoms with E-state index in [4.69, 9.17) is 11.6 Å². The van der Waals surface area contributed by atoms with Crippen LogP contribution < -0.4 is 9.62 Å². The predicted octanol–water partition coefficient (Wildman–Crippen LogP) is 4.23. The fraction of sp³-hybridized carbons (Fsp3) is 0.350. The number of rotatable bonds is 6. The van der Waals surface area contributed by atoms with Gasteiger partial charge in [0, 0.05) is 7.05 Å². The molecule has 0 radical (unpaired) electrons. The van der Waals surface area contributed by atoms with Crippen LogP contribution in [0.2, 0.25) is 5.02 Å². The van der Waals surface area contributed by atoms with Gasteiger partial charge in [0.25, 0.3) is 5.91 Å². The van der Waals surface area contributed by atoms with E-state index in [-0.39, 0.29) is 22.5 Å². The standard InChI is InChI=1S/C20H25ClN2O3S/c1-6-19(16-9-7-13(2)11-14(16)3)22-20(24)17-12-15(8-10-18(17)21)23(4)27(5,25)26/h7-12,19H,6H2,1-5H3,(H,22,24)/t19-/m0/s1. The Morgan fingerprint density at radius 1 is 1.19 bits per heavy atom. The highest BCUT2D eigenvalue weighted by atomic mass is 35.5. The average Bonchev–Trinajstić information content (AvgIpc) is 2.59. The zero-order valence-corrected chi connectivity index (χ0v) is 17.8. The first-order chi connectivity index (χ1) is 12.5. The molecule has 1 amide bonds. The van der Waals surface area contributed by atoms with Gasteiger partial charge in [-0.1, -0.05) is 42.3 Å². The number of benzene rings is 2. The molecule has 0 saturated carbocycles. The number of sulfonamides is 1. The summed E-state index contributed by atoms with van der Waals surface area (Å²) in [4.78, 5) is 12.8. The van der Waals surface area contributed by atoms with Gasteiger partial charge in [0.1, 0.15) is 0 Å². The Kier molecular flexibility index (Phi) is 6.54. The van der Waals surface area contributed by atoms with Crippen molar-refractivity contribution in [2.24, 2.45) is 0 Å². The molecule has 0 spiro atoms. The maximum absolute atomic E-state index is 12.8. The van der Waals surface area contributed by atoms with Crippen molar-refractivity contribution >= 4 is 33.2 Å². The Morgan fingerprint density at radius 3 is 2.41 bits per heavy atom. The monoisotopic (exact) mass is 408 g/mol. The van der Waals surface area contributed by atoms with E-state index in [0.29, 0.717) is 5.69 Å². The summed E-state index contributed by atoms with van der Waals surface area (Å²) < 4.78 is 24.6. The van der Waals surface area contributed by atoms with Gasteiger partial charge in [-0.2, -0.15) is 0 Å². The molecule has 7 heteroatoms. The first-order valence-electron chi connectivity index (χ1n) is 8.66. The molecule has 0 fully saturated rings. The highest BCUT2D eigenvalue weighted by Gasteiger charge is 2.20. The Labute approximate surface area is 166 Å². The molecule has 0 aromatic heterocycles. The second-order valence-electron chi connectivity index (χ2n) is 6.69. The molecule has 1 N–H and O–H groups in total. The summed E-state index contributed by atoms with van der Waals surface area (Å²) in [7, 11) is -2.00. The van der Waals surface area contributed by atoms with Gasteiger partial charge in [-0.25, -0.2) is 8.42 Å². The number of carbonyl (C=O) groups excluding carboxylic acids is 1. The van der Waals surface area contributed by atoms with Crippen molar-refractivity contribution in [3.63, 3.8) is 0 Å². The van der Waals surface area contributed by atoms with Crippen molar-refractivity contribution in [3.8, 4) is 0 Å². The summed E-state index contributed by atoms with van der Waals surface area (Å²) in [5.41, 5.74) is 3.95. The molecule has 0 heterocycles. The SMILES string of the molecule is CC[C@H](NC(=O)c1cc(N(C)S(C)(=O)=O)ccc1Cl)c1ccc(C)cc1C. The summed E-state index contributed by atoms with van der Waals surface area (Å²) in [6.45, 7) is 6.05. The lowest BCUT2D eigenvalue weighted by Gasteiger charge is -2.21. The molecule has 27 heavy (non-hydrogen) atoms. The minimum atomic E-state index is -3.43. The number of nitrogens with zero attached hydrogens (tertiary/aromatic N) is 1. The number of anilines is 1. The molecule has 146 valence electrons. The zero-order valence-electron chi connectivity index (χ0n) is 16.2. The zero-order chi connectivity index (χ0) is 20.4. The van der Waals surface area contributed by atoms with E-state index in [0.717, 1.165) is 33.7 Å². The van der Waals surface area contributed by atoms with Crippen LogP contribution >= 0.6 is 11.6 Å². The first-order valence-corrected chi connectivity index (χ1v) is 10.9. The van der Waals surface area contributed by atoms with Crippen LogP contribution in [-0.4, -0.2) is 27.6 Å². The molecule has 5 nitrogen and oxygen atoms in total. The largest absolute Gasteiger partial charge is 0.345 e. The van der Waals surface area contributed by atoms with Crippen LogP contribution in [0.5, 0.6) is 0 Å². The number of nitrogens with one attached hydrogen (secondary N) is 1. The van der Waals surface area contributed by atoms with Gasteiger partial charge in [-0.05, 0) is 49.6 Å². The lowest BCUT2D eigenvalue weighted by atomic mass is 9.97. The number of aryl methyl sites for hydroxylation is 2. The third-order valence-corrected chi connectivity index (χ3v) is 6.11. The van der Waals surface area contributed by atoms with Crippen molar-refractivity contribution in [3.05, 3.63) is 63.7 Å². The molecule has 2 aromatic rings. The average molecular weight is 409 g/mol. The van der Waals surface area contributed by atoms with Crippen molar-refractivity contribution in [2.45, 2.75) is 33.2 Å². The molecule has 0 aliphatic rings. The van der Waals surface area contributed by atoms with Crippen molar-refractivity contribution in [2.75, 3.05) is 17.6 Å². The van der Waals surface area contributed by atoms with Gasteiger partial charge in [0.05, 0.1) is 28.6 Å². The summed E-state index contributed by atoms with van der Waals surface area (Å²) in [6.07, 6.45) is 1.82. The van der Waals surface area contributed by atoms with Crippen LogP contribution in [0.15, 0.2) is 36.4 Å². The van der Waals surface area contributed by atoms with E-state index >= 15 is 0 Å². The fourth-order valence-corrected chi connectivity index (χ4v) is 3.63. The number of amides is 1. The summed E-state index contributed by atoms with van der Waals surface area (Å²) in [5.74, 6) is -0.337. The highest BCUT2D eigenvalue weighted by Crippen LogP contribution is 2.26. The molecule has 1 atom stereocenters. The van der Waals surface area contributed by atoms with Gasteiger partial charge < -0.3 is 5.32 Å². The van der Waals surface area contributed by atoms with Crippen LogP contribution in [0.4, 0.5) is 5.69 Å². The number of carbonyl (C=O) groups is 1.